The molecule has 1 aliphatic heterocycles. The largest absolute Gasteiger partial charge is 0.375 e. The van der Waals surface area contributed by atoms with Crippen molar-refractivity contribution in [2.75, 3.05) is 26.2 Å². The zero-order valence-corrected chi connectivity index (χ0v) is 9.37. The second-order valence-electron chi connectivity index (χ2n) is 4.31. The number of amides is 1. The molecule has 0 aromatic carbocycles. The molecule has 1 saturated heterocycles. The maximum Gasteiger partial charge on any atom is 0.225 e. The maximum absolute atomic E-state index is 11.9. The van der Waals surface area contributed by atoms with Gasteiger partial charge >= 0.3 is 0 Å². The van der Waals surface area contributed by atoms with Gasteiger partial charge < -0.3 is 15.0 Å². The van der Waals surface area contributed by atoms with Crippen molar-refractivity contribution in [1.29, 1.82) is 0 Å². The maximum atomic E-state index is 11.9. The Kier molecular flexibility index (Phi) is 3.59. The first-order chi connectivity index (χ1) is 7.31. The van der Waals surface area contributed by atoms with Gasteiger partial charge in [0.15, 0.2) is 0 Å². The highest BCUT2D eigenvalue weighted by atomic mass is 16.5. The molecule has 15 heavy (non-hydrogen) atoms. The molecule has 1 unspecified atom stereocenters. The molecule has 4 nitrogen and oxygen atoms in total. The molecule has 2 rings (SSSR count). The SMILES string of the molecule is CCN(C(=O)CC1CNCCO1)C1CC1. The topological polar surface area (TPSA) is 41.6 Å². The van der Waals surface area contributed by atoms with Crippen molar-refractivity contribution in [1.82, 2.24) is 10.2 Å². The van der Waals surface area contributed by atoms with Crippen LogP contribution in [0.5, 0.6) is 0 Å². The molecule has 2 fully saturated rings. The van der Waals surface area contributed by atoms with Crippen LogP contribution in [-0.2, 0) is 9.53 Å². The summed E-state index contributed by atoms with van der Waals surface area (Å²) in [6.07, 6.45) is 2.99. The average Bonchev–Trinajstić information content (AvgIpc) is 3.04. The molecule has 1 saturated carbocycles. The van der Waals surface area contributed by atoms with Gasteiger partial charge in [0.05, 0.1) is 19.1 Å². The molecule has 1 N–H and O–H groups in total. The molecule has 0 spiro atoms. The van der Waals surface area contributed by atoms with E-state index in [-0.39, 0.29) is 12.0 Å². The van der Waals surface area contributed by atoms with Crippen molar-refractivity contribution in [3.63, 3.8) is 0 Å². The minimum atomic E-state index is 0.0825. The Morgan fingerprint density at radius 2 is 2.33 bits per heavy atom. The number of carbonyl (C=O) groups excluding carboxylic acids is 1. The van der Waals surface area contributed by atoms with Gasteiger partial charge in [-0.2, -0.15) is 0 Å². The molecule has 2 aliphatic rings. The summed E-state index contributed by atoms with van der Waals surface area (Å²) in [5.41, 5.74) is 0. The molecule has 1 aliphatic carbocycles. The Bertz CT molecular complexity index is 223. The number of hydrogen-bond acceptors (Lipinski definition) is 3. The lowest BCUT2D eigenvalue weighted by atomic mass is 10.2. The van der Waals surface area contributed by atoms with Crippen molar-refractivity contribution >= 4 is 5.91 Å². The van der Waals surface area contributed by atoms with E-state index in [4.69, 9.17) is 4.74 Å². The summed E-state index contributed by atoms with van der Waals surface area (Å²) in [4.78, 5) is 13.9. The summed E-state index contributed by atoms with van der Waals surface area (Å²) < 4.78 is 5.53. The van der Waals surface area contributed by atoms with E-state index in [0.717, 1.165) is 26.2 Å². The molecular formula is C11H20N2O2. The lowest BCUT2D eigenvalue weighted by Crippen LogP contribution is -2.43. The Labute approximate surface area is 91.0 Å². The first-order valence-corrected chi connectivity index (χ1v) is 5.93. The number of rotatable bonds is 4. The highest BCUT2D eigenvalue weighted by Gasteiger charge is 2.32. The summed E-state index contributed by atoms with van der Waals surface area (Å²) in [6.45, 7) is 5.34. The molecule has 0 aromatic rings. The van der Waals surface area contributed by atoms with E-state index < -0.39 is 0 Å². The number of morpholine rings is 1. The average molecular weight is 212 g/mol. The van der Waals surface area contributed by atoms with Crippen LogP contribution in [-0.4, -0.2) is 49.2 Å². The molecule has 0 bridgehead atoms. The molecule has 86 valence electrons. The Morgan fingerprint density at radius 3 is 2.87 bits per heavy atom. The molecule has 4 heteroatoms. The quantitative estimate of drug-likeness (QED) is 0.732. The first kappa shape index (κ1) is 10.9. The second-order valence-corrected chi connectivity index (χ2v) is 4.31. The van der Waals surface area contributed by atoms with Crippen molar-refractivity contribution in [3.8, 4) is 0 Å². The highest BCUT2D eigenvalue weighted by Crippen LogP contribution is 2.27. The van der Waals surface area contributed by atoms with E-state index in [1.54, 1.807) is 0 Å². The second kappa shape index (κ2) is 4.94. The number of carbonyl (C=O) groups is 1. The van der Waals surface area contributed by atoms with E-state index in [1.807, 2.05) is 4.90 Å². The lowest BCUT2D eigenvalue weighted by molar-refractivity contribution is -0.135. The third-order valence-electron chi connectivity index (χ3n) is 3.06. The third kappa shape index (κ3) is 2.92. The number of ether oxygens (including phenoxy) is 1. The lowest BCUT2D eigenvalue weighted by Gasteiger charge is -2.26. The van der Waals surface area contributed by atoms with Crippen molar-refractivity contribution in [2.24, 2.45) is 0 Å². The van der Waals surface area contributed by atoms with Gasteiger partial charge in [0.1, 0.15) is 0 Å². The van der Waals surface area contributed by atoms with Crippen LogP contribution >= 0.6 is 0 Å². The predicted molar refractivity (Wildman–Crippen MR) is 57.6 cm³/mol. The van der Waals surface area contributed by atoms with Gasteiger partial charge in [-0.05, 0) is 19.8 Å². The van der Waals surface area contributed by atoms with E-state index in [9.17, 15) is 4.79 Å². The van der Waals surface area contributed by atoms with Crippen molar-refractivity contribution in [3.05, 3.63) is 0 Å². The molecule has 1 atom stereocenters. The fraction of sp³-hybridized carbons (Fsp3) is 0.909. The minimum absolute atomic E-state index is 0.0825. The van der Waals surface area contributed by atoms with Crippen LogP contribution in [0.4, 0.5) is 0 Å². The van der Waals surface area contributed by atoms with Gasteiger partial charge in [-0.3, -0.25) is 4.79 Å². The third-order valence-corrected chi connectivity index (χ3v) is 3.06. The van der Waals surface area contributed by atoms with Crippen LogP contribution in [0.3, 0.4) is 0 Å². The van der Waals surface area contributed by atoms with Gasteiger partial charge in [0.2, 0.25) is 5.91 Å². The summed E-state index contributed by atoms with van der Waals surface area (Å²) >= 11 is 0. The van der Waals surface area contributed by atoms with Crippen LogP contribution < -0.4 is 5.32 Å². The van der Waals surface area contributed by atoms with E-state index in [1.165, 1.54) is 12.8 Å². The summed E-state index contributed by atoms with van der Waals surface area (Å²) in [5.74, 6) is 0.258. The number of hydrogen-bond donors (Lipinski definition) is 1. The number of nitrogens with zero attached hydrogens (tertiary/aromatic N) is 1. The Hall–Kier alpha value is -0.610. The summed E-state index contributed by atoms with van der Waals surface area (Å²) in [6, 6.07) is 0.527. The number of nitrogens with one attached hydrogen (secondary N) is 1. The Balaban J connectivity index is 1.78. The van der Waals surface area contributed by atoms with Crippen LogP contribution in [0.2, 0.25) is 0 Å². The smallest absolute Gasteiger partial charge is 0.225 e. The predicted octanol–water partition coefficient (Wildman–Crippen LogP) is 0.376. The van der Waals surface area contributed by atoms with Gasteiger partial charge in [0, 0.05) is 25.7 Å². The van der Waals surface area contributed by atoms with E-state index in [0.29, 0.717) is 12.5 Å². The normalized spacial score (nSPS) is 26.3. The van der Waals surface area contributed by atoms with Crippen LogP contribution in [0.25, 0.3) is 0 Å². The molecular weight excluding hydrogens is 192 g/mol. The van der Waals surface area contributed by atoms with E-state index >= 15 is 0 Å². The van der Waals surface area contributed by atoms with Gasteiger partial charge in [0.25, 0.3) is 0 Å². The van der Waals surface area contributed by atoms with Crippen LogP contribution in [0.15, 0.2) is 0 Å². The van der Waals surface area contributed by atoms with Gasteiger partial charge in [-0.15, -0.1) is 0 Å². The van der Waals surface area contributed by atoms with Crippen molar-refractivity contribution in [2.45, 2.75) is 38.3 Å². The fourth-order valence-electron chi connectivity index (χ4n) is 2.09. The summed E-state index contributed by atoms with van der Waals surface area (Å²) in [5, 5.41) is 3.25. The van der Waals surface area contributed by atoms with E-state index in [2.05, 4.69) is 12.2 Å². The zero-order valence-electron chi connectivity index (χ0n) is 9.37. The zero-order chi connectivity index (χ0) is 10.7. The first-order valence-electron chi connectivity index (χ1n) is 5.93. The van der Waals surface area contributed by atoms with Crippen LogP contribution in [0.1, 0.15) is 26.2 Å². The molecule has 1 heterocycles. The minimum Gasteiger partial charge on any atom is -0.375 e. The van der Waals surface area contributed by atoms with Gasteiger partial charge in [-0.25, -0.2) is 0 Å². The fourth-order valence-corrected chi connectivity index (χ4v) is 2.09. The standard InChI is InChI=1S/C11H20N2O2/c1-2-13(9-3-4-9)11(14)7-10-8-12-5-6-15-10/h9-10,12H,2-8H2,1H3. The molecule has 0 radical (unpaired) electrons. The van der Waals surface area contributed by atoms with Gasteiger partial charge in [-0.1, -0.05) is 0 Å². The summed E-state index contributed by atoms with van der Waals surface area (Å²) in [7, 11) is 0. The Morgan fingerprint density at radius 1 is 1.53 bits per heavy atom. The molecule has 0 aromatic heterocycles. The van der Waals surface area contributed by atoms with Crippen molar-refractivity contribution < 1.29 is 9.53 Å². The monoisotopic (exact) mass is 212 g/mol. The van der Waals surface area contributed by atoms with Crippen LogP contribution in [0, 0.1) is 0 Å². The highest BCUT2D eigenvalue weighted by molar-refractivity contribution is 5.77. The molecule has 1 amide bonds.